The second-order valence-electron chi connectivity index (χ2n) is 3.55. The molecule has 2 aromatic carbocycles. The van der Waals surface area contributed by atoms with Crippen molar-refractivity contribution >= 4 is 0 Å². The van der Waals surface area contributed by atoms with Gasteiger partial charge in [0.1, 0.15) is 11.6 Å². The van der Waals surface area contributed by atoms with E-state index in [-0.39, 0.29) is 11.3 Å². The van der Waals surface area contributed by atoms with Crippen molar-refractivity contribution in [1.29, 1.82) is 0 Å². The number of ether oxygens (including phenoxy) is 1. The standard InChI is InChI=1S/C13H8F4O/c14-10-7-5-9(6-8-10)11-3-1-2-4-12(11)18-13(15,16)17/h1-8H. The molecule has 0 bridgehead atoms. The number of alkyl halides is 3. The second kappa shape index (κ2) is 4.68. The van der Waals surface area contributed by atoms with Gasteiger partial charge in [-0.3, -0.25) is 0 Å². The van der Waals surface area contributed by atoms with Crippen molar-refractivity contribution in [3.05, 3.63) is 54.3 Å². The van der Waals surface area contributed by atoms with Gasteiger partial charge in [-0.15, -0.1) is 13.2 Å². The monoisotopic (exact) mass is 256 g/mol. The Balaban J connectivity index is 2.41. The topological polar surface area (TPSA) is 9.23 Å². The Morgan fingerprint density at radius 1 is 0.833 bits per heavy atom. The molecule has 0 aromatic heterocycles. The third-order valence-electron chi connectivity index (χ3n) is 2.27. The van der Waals surface area contributed by atoms with Gasteiger partial charge in [-0.2, -0.15) is 0 Å². The number of hydrogen-bond donors (Lipinski definition) is 0. The molecule has 0 aliphatic carbocycles. The van der Waals surface area contributed by atoms with E-state index in [2.05, 4.69) is 4.74 Å². The van der Waals surface area contributed by atoms with E-state index in [0.29, 0.717) is 5.56 Å². The molecule has 0 N–H and O–H groups in total. The van der Waals surface area contributed by atoms with Crippen LogP contribution in [-0.4, -0.2) is 6.36 Å². The van der Waals surface area contributed by atoms with Gasteiger partial charge in [0.25, 0.3) is 0 Å². The molecular formula is C13H8F4O. The van der Waals surface area contributed by atoms with Crippen molar-refractivity contribution in [3.8, 4) is 16.9 Å². The van der Waals surface area contributed by atoms with Gasteiger partial charge in [-0.1, -0.05) is 30.3 Å². The van der Waals surface area contributed by atoms with Crippen LogP contribution in [0.4, 0.5) is 17.6 Å². The first-order valence-electron chi connectivity index (χ1n) is 5.06. The first-order chi connectivity index (χ1) is 8.46. The predicted octanol–water partition coefficient (Wildman–Crippen LogP) is 4.39. The van der Waals surface area contributed by atoms with E-state index >= 15 is 0 Å². The summed E-state index contributed by atoms with van der Waals surface area (Å²) in [6.45, 7) is 0. The number of hydrogen-bond acceptors (Lipinski definition) is 1. The molecule has 18 heavy (non-hydrogen) atoms. The lowest BCUT2D eigenvalue weighted by Gasteiger charge is -2.13. The van der Waals surface area contributed by atoms with E-state index in [1.54, 1.807) is 6.07 Å². The number of halogens is 4. The van der Waals surface area contributed by atoms with E-state index < -0.39 is 12.2 Å². The lowest BCUT2D eigenvalue weighted by molar-refractivity contribution is -0.274. The van der Waals surface area contributed by atoms with Gasteiger partial charge in [0.15, 0.2) is 0 Å². The summed E-state index contributed by atoms with van der Waals surface area (Å²) in [6, 6.07) is 10.9. The van der Waals surface area contributed by atoms with Crippen LogP contribution in [0.25, 0.3) is 11.1 Å². The fourth-order valence-electron chi connectivity index (χ4n) is 1.55. The summed E-state index contributed by atoms with van der Waals surface area (Å²) in [5, 5.41) is 0. The van der Waals surface area contributed by atoms with Crippen LogP contribution in [0.5, 0.6) is 5.75 Å². The Kier molecular flexibility index (Phi) is 3.23. The Labute approximate surface area is 101 Å². The van der Waals surface area contributed by atoms with E-state index in [9.17, 15) is 17.6 Å². The van der Waals surface area contributed by atoms with E-state index in [1.165, 1.54) is 42.5 Å². The van der Waals surface area contributed by atoms with Crippen LogP contribution in [-0.2, 0) is 0 Å². The molecule has 0 unspecified atom stereocenters. The SMILES string of the molecule is Fc1ccc(-c2ccccc2OC(F)(F)F)cc1. The minimum Gasteiger partial charge on any atom is -0.405 e. The van der Waals surface area contributed by atoms with Crippen molar-refractivity contribution in [1.82, 2.24) is 0 Å². The van der Waals surface area contributed by atoms with Crippen molar-refractivity contribution in [2.45, 2.75) is 6.36 Å². The zero-order valence-corrected chi connectivity index (χ0v) is 9.04. The maximum absolute atomic E-state index is 12.8. The maximum atomic E-state index is 12.8. The minimum atomic E-state index is -4.75. The molecule has 0 fully saturated rings. The first kappa shape index (κ1) is 12.4. The van der Waals surface area contributed by atoms with Crippen LogP contribution in [0.1, 0.15) is 0 Å². The summed E-state index contributed by atoms with van der Waals surface area (Å²) >= 11 is 0. The molecule has 0 aliphatic heterocycles. The third-order valence-corrected chi connectivity index (χ3v) is 2.27. The van der Waals surface area contributed by atoms with Crippen LogP contribution < -0.4 is 4.74 Å². The Morgan fingerprint density at radius 3 is 2.06 bits per heavy atom. The summed E-state index contributed by atoms with van der Waals surface area (Å²) in [4.78, 5) is 0. The summed E-state index contributed by atoms with van der Waals surface area (Å²) in [6.07, 6.45) is -4.75. The van der Waals surface area contributed by atoms with Gasteiger partial charge in [-0.25, -0.2) is 4.39 Å². The lowest BCUT2D eigenvalue weighted by Crippen LogP contribution is -2.17. The summed E-state index contributed by atoms with van der Waals surface area (Å²) < 4.78 is 53.3. The Bertz CT molecular complexity index is 531. The van der Waals surface area contributed by atoms with Crippen LogP contribution in [0.3, 0.4) is 0 Å². The molecular weight excluding hydrogens is 248 g/mol. The summed E-state index contributed by atoms with van der Waals surface area (Å²) in [7, 11) is 0. The van der Waals surface area contributed by atoms with Crippen molar-refractivity contribution < 1.29 is 22.3 Å². The summed E-state index contributed by atoms with van der Waals surface area (Å²) in [5.74, 6) is -0.760. The average Bonchev–Trinajstić information content (AvgIpc) is 2.29. The van der Waals surface area contributed by atoms with E-state index in [4.69, 9.17) is 0 Å². The van der Waals surface area contributed by atoms with Crippen molar-refractivity contribution in [2.24, 2.45) is 0 Å². The summed E-state index contributed by atoms with van der Waals surface area (Å²) in [5.41, 5.74) is 0.714. The molecule has 0 atom stereocenters. The molecule has 0 saturated heterocycles. The van der Waals surface area contributed by atoms with Crippen molar-refractivity contribution in [3.63, 3.8) is 0 Å². The molecule has 94 valence electrons. The van der Waals surface area contributed by atoms with Crippen LogP contribution in [0, 0.1) is 5.82 Å². The maximum Gasteiger partial charge on any atom is 0.573 e. The average molecular weight is 256 g/mol. The smallest absolute Gasteiger partial charge is 0.405 e. The molecule has 2 rings (SSSR count). The van der Waals surface area contributed by atoms with E-state index in [1.807, 2.05) is 0 Å². The Morgan fingerprint density at radius 2 is 1.44 bits per heavy atom. The van der Waals surface area contributed by atoms with Crippen molar-refractivity contribution in [2.75, 3.05) is 0 Å². The van der Waals surface area contributed by atoms with Crippen LogP contribution >= 0.6 is 0 Å². The molecule has 0 radical (unpaired) electrons. The molecule has 0 saturated carbocycles. The highest BCUT2D eigenvalue weighted by Gasteiger charge is 2.32. The zero-order valence-electron chi connectivity index (χ0n) is 9.04. The van der Waals surface area contributed by atoms with Gasteiger partial charge in [0.2, 0.25) is 0 Å². The predicted molar refractivity (Wildman–Crippen MR) is 58.5 cm³/mol. The Hall–Kier alpha value is -2.04. The van der Waals surface area contributed by atoms with Gasteiger partial charge < -0.3 is 4.74 Å². The van der Waals surface area contributed by atoms with Gasteiger partial charge >= 0.3 is 6.36 Å². The van der Waals surface area contributed by atoms with Gasteiger partial charge in [0.05, 0.1) is 0 Å². The second-order valence-corrected chi connectivity index (χ2v) is 3.55. The molecule has 2 aromatic rings. The molecule has 1 nitrogen and oxygen atoms in total. The highest BCUT2D eigenvalue weighted by Crippen LogP contribution is 2.33. The minimum absolute atomic E-state index is 0.259. The molecule has 0 aliphatic rings. The lowest BCUT2D eigenvalue weighted by atomic mass is 10.0. The number of para-hydroxylation sites is 1. The first-order valence-corrected chi connectivity index (χ1v) is 5.06. The quantitative estimate of drug-likeness (QED) is 0.724. The normalized spacial score (nSPS) is 11.3. The third kappa shape index (κ3) is 3.00. The molecule has 5 heteroatoms. The van der Waals surface area contributed by atoms with E-state index in [0.717, 1.165) is 0 Å². The van der Waals surface area contributed by atoms with Crippen LogP contribution in [0.15, 0.2) is 48.5 Å². The molecule has 0 heterocycles. The van der Waals surface area contributed by atoms with Gasteiger partial charge in [-0.05, 0) is 23.8 Å². The zero-order chi connectivity index (χ0) is 13.2. The molecule has 0 spiro atoms. The number of rotatable bonds is 2. The largest absolute Gasteiger partial charge is 0.573 e. The highest BCUT2D eigenvalue weighted by atomic mass is 19.4. The fraction of sp³-hybridized carbons (Fsp3) is 0.0769. The molecule has 0 amide bonds. The number of benzene rings is 2. The van der Waals surface area contributed by atoms with Crippen LogP contribution in [0.2, 0.25) is 0 Å². The van der Waals surface area contributed by atoms with Gasteiger partial charge in [0, 0.05) is 5.56 Å². The fourth-order valence-corrected chi connectivity index (χ4v) is 1.55. The highest BCUT2D eigenvalue weighted by molar-refractivity contribution is 5.70.